The standard InChI is InChI=1S/C11H15FO4/c1-6(13)4-7-10(12)8(14)5-9(15-2)11(7)16-3/h5-6,13-14H,4H2,1-3H3. The Morgan fingerprint density at radius 3 is 2.44 bits per heavy atom. The Morgan fingerprint density at radius 2 is 2.00 bits per heavy atom. The molecule has 0 saturated heterocycles. The van der Waals surface area contributed by atoms with E-state index in [0.717, 1.165) is 6.07 Å². The first-order chi connectivity index (χ1) is 7.51. The van der Waals surface area contributed by atoms with Crippen molar-refractivity contribution in [1.29, 1.82) is 0 Å². The number of aliphatic hydroxyl groups excluding tert-OH is 1. The topological polar surface area (TPSA) is 58.9 Å². The molecule has 0 spiro atoms. The Hall–Kier alpha value is -1.49. The highest BCUT2D eigenvalue weighted by atomic mass is 19.1. The van der Waals surface area contributed by atoms with E-state index in [1.807, 2.05) is 0 Å². The van der Waals surface area contributed by atoms with Crippen molar-refractivity contribution in [2.75, 3.05) is 14.2 Å². The largest absolute Gasteiger partial charge is 0.505 e. The zero-order valence-corrected chi connectivity index (χ0v) is 9.45. The molecule has 1 aromatic rings. The summed E-state index contributed by atoms with van der Waals surface area (Å²) in [5.41, 5.74) is 0.106. The molecule has 5 heteroatoms. The fraction of sp³-hybridized carbons (Fsp3) is 0.455. The monoisotopic (exact) mass is 230 g/mol. The predicted octanol–water partition coefficient (Wildman–Crippen LogP) is 1.47. The van der Waals surface area contributed by atoms with Crippen molar-refractivity contribution in [3.63, 3.8) is 0 Å². The maximum Gasteiger partial charge on any atom is 0.172 e. The Labute approximate surface area is 93.2 Å². The van der Waals surface area contributed by atoms with Gasteiger partial charge >= 0.3 is 0 Å². The number of aromatic hydroxyl groups is 1. The summed E-state index contributed by atoms with van der Waals surface area (Å²) in [5, 5.41) is 18.6. The molecule has 2 N–H and O–H groups in total. The molecule has 0 fully saturated rings. The Balaban J connectivity index is 3.34. The van der Waals surface area contributed by atoms with Crippen LogP contribution < -0.4 is 9.47 Å². The molecule has 16 heavy (non-hydrogen) atoms. The van der Waals surface area contributed by atoms with Crippen LogP contribution >= 0.6 is 0 Å². The van der Waals surface area contributed by atoms with Gasteiger partial charge in [0.1, 0.15) is 0 Å². The van der Waals surface area contributed by atoms with Crippen LogP contribution in [-0.4, -0.2) is 30.5 Å². The highest BCUT2D eigenvalue weighted by Crippen LogP contribution is 2.38. The summed E-state index contributed by atoms with van der Waals surface area (Å²) in [6.07, 6.45) is -0.699. The van der Waals surface area contributed by atoms with Gasteiger partial charge in [0.25, 0.3) is 0 Å². The second kappa shape index (κ2) is 5.03. The molecular formula is C11H15FO4. The fourth-order valence-electron chi connectivity index (χ4n) is 1.51. The first-order valence-electron chi connectivity index (χ1n) is 4.81. The van der Waals surface area contributed by atoms with Crippen molar-refractivity contribution in [3.8, 4) is 17.2 Å². The van der Waals surface area contributed by atoms with Crippen LogP contribution in [0.4, 0.5) is 4.39 Å². The number of phenolic OH excluding ortho intramolecular Hbond substituents is 1. The second-order valence-electron chi connectivity index (χ2n) is 3.48. The van der Waals surface area contributed by atoms with Crippen LogP contribution in [0.3, 0.4) is 0 Å². The molecule has 1 aromatic carbocycles. The summed E-state index contributed by atoms with van der Waals surface area (Å²) in [6, 6.07) is 1.14. The van der Waals surface area contributed by atoms with Crippen LogP contribution in [0, 0.1) is 5.82 Å². The molecule has 0 bridgehead atoms. The normalized spacial score (nSPS) is 12.3. The fourth-order valence-corrected chi connectivity index (χ4v) is 1.51. The van der Waals surface area contributed by atoms with Crippen molar-refractivity contribution in [2.24, 2.45) is 0 Å². The van der Waals surface area contributed by atoms with E-state index in [1.54, 1.807) is 0 Å². The van der Waals surface area contributed by atoms with Gasteiger partial charge in [-0.25, -0.2) is 4.39 Å². The van der Waals surface area contributed by atoms with Gasteiger partial charge in [-0.05, 0) is 6.92 Å². The lowest BCUT2D eigenvalue weighted by Gasteiger charge is -2.15. The molecule has 0 aromatic heterocycles. The predicted molar refractivity (Wildman–Crippen MR) is 56.6 cm³/mol. The third-order valence-corrected chi connectivity index (χ3v) is 2.18. The Kier molecular flexibility index (Phi) is 3.95. The summed E-state index contributed by atoms with van der Waals surface area (Å²) in [7, 11) is 2.77. The molecular weight excluding hydrogens is 215 g/mol. The highest BCUT2D eigenvalue weighted by molar-refractivity contribution is 5.52. The van der Waals surface area contributed by atoms with Gasteiger partial charge in [-0.1, -0.05) is 0 Å². The van der Waals surface area contributed by atoms with Crippen LogP contribution in [-0.2, 0) is 6.42 Å². The lowest BCUT2D eigenvalue weighted by molar-refractivity contribution is 0.192. The van der Waals surface area contributed by atoms with Gasteiger partial charge in [0.05, 0.1) is 20.3 Å². The lowest BCUT2D eigenvalue weighted by Crippen LogP contribution is -2.09. The maximum atomic E-state index is 13.6. The van der Waals surface area contributed by atoms with E-state index in [9.17, 15) is 14.6 Å². The van der Waals surface area contributed by atoms with Gasteiger partial charge in [0, 0.05) is 18.1 Å². The summed E-state index contributed by atoms with van der Waals surface area (Å²) in [5.74, 6) is -0.886. The highest BCUT2D eigenvalue weighted by Gasteiger charge is 2.20. The van der Waals surface area contributed by atoms with E-state index >= 15 is 0 Å². The van der Waals surface area contributed by atoms with Crippen molar-refractivity contribution in [1.82, 2.24) is 0 Å². The van der Waals surface area contributed by atoms with E-state index in [2.05, 4.69) is 0 Å². The average Bonchev–Trinajstić information content (AvgIpc) is 2.23. The van der Waals surface area contributed by atoms with E-state index < -0.39 is 17.7 Å². The third kappa shape index (κ3) is 2.36. The number of hydrogen-bond donors (Lipinski definition) is 2. The molecule has 0 heterocycles. The number of ether oxygens (including phenoxy) is 2. The van der Waals surface area contributed by atoms with Crippen molar-refractivity contribution < 1.29 is 24.1 Å². The number of aliphatic hydroxyl groups is 1. The van der Waals surface area contributed by atoms with Crippen LogP contribution in [0.2, 0.25) is 0 Å². The maximum absolute atomic E-state index is 13.6. The molecule has 1 unspecified atom stereocenters. The number of phenols is 1. The van der Waals surface area contributed by atoms with E-state index in [4.69, 9.17) is 9.47 Å². The summed E-state index contributed by atoms with van der Waals surface area (Å²) < 4.78 is 23.6. The SMILES string of the molecule is COc1cc(O)c(F)c(CC(C)O)c1OC. The van der Waals surface area contributed by atoms with Gasteiger partial charge in [-0.15, -0.1) is 0 Å². The first-order valence-corrected chi connectivity index (χ1v) is 4.81. The molecule has 1 atom stereocenters. The third-order valence-electron chi connectivity index (χ3n) is 2.18. The molecule has 0 radical (unpaired) electrons. The minimum atomic E-state index is -0.793. The minimum Gasteiger partial charge on any atom is -0.505 e. The number of benzene rings is 1. The van der Waals surface area contributed by atoms with Crippen molar-refractivity contribution in [3.05, 3.63) is 17.4 Å². The average molecular weight is 230 g/mol. The molecule has 0 amide bonds. The number of methoxy groups -OCH3 is 2. The minimum absolute atomic E-state index is 0.0414. The number of rotatable bonds is 4. The van der Waals surface area contributed by atoms with Crippen LogP contribution in [0.15, 0.2) is 6.07 Å². The van der Waals surface area contributed by atoms with Gasteiger partial charge in [-0.2, -0.15) is 0 Å². The van der Waals surface area contributed by atoms with Gasteiger partial charge in [-0.3, -0.25) is 0 Å². The van der Waals surface area contributed by atoms with Gasteiger partial charge in [0.2, 0.25) is 0 Å². The molecule has 4 nitrogen and oxygen atoms in total. The molecule has 0 aliphatic carbocycles. The first kappa shape index (κ1) is 12.6. The Morgan fingerprint density at radius 1 is 1.38 bits per heavy atom. The van der Waals surface area contributed by atoms with Crippen molar-refractivity contribution in [2.45, 2.75) is 19.4 Å². The van der Waals surface area contributed by atoms with Gasteiger partial charge in [0.15, 0.2) is 23.1 Å². The quantitative estimate of drug-likeness (QED) is 0.822. The lowest BCUT2D eigenvalue weighted by atomic mass is 10.1. The Bertz CT molecular complexity index is 377. The molecule has 0 aliphatic rings. The van der Waals surface area contributed by atoms with Crippen molar-refractivity contribution >= 4 is 0 Å². The number of halogens is 1. The summed E-state index contributed by atoms with van der Waals surface area (Å²) in [4.78, 5) is 0. The van der Waals surface area contributed by atoms with E-state index in [-0.39, 0.29) is 23.5 Å². The zero-order chi connectivity index (χ0) is 12.3. The molecule has 0 saturated carbocycles. The summed E-state index contributed by atoms with van der Waals surface area (Å²) >= 11 is 0. The second-order valence-corrected chi connectivity index (χ2v) is 3.48. The van der Waals surface area contributed by atoms with Crippen LogP contribution in [0.25, 0.3) is 0 Å². The zero-order valence-electron chi connectivity index (χ0n) is 9.45. The summed E-state index contributed by atoms with van der Waals surface area (Å²) in [6.45, 7) is 1.52. The van der Waals surface area contributed by atoms with E-state index in [0.29, 0.717) is 0 Å². The molecule has 90 valence electrons. The molecule has 0 aliphatic heterocycles. The smallest absolute Gasteiger partial charge is 0.172 e. The van der Waals surface area contributed by atoms with Crippen LogP contribution in [0.5, 0.6) is 17.2 Å². The van der Waals surface area contributed by atoms with E-state index in [1.165, 1.54) is 21.1 Å². The van der Waals surface area contributed by atoms with Crippen LogP contribution in [0.1, 0.15) is 12.5 Å². The molecule has 1 rings (SSSR count). The van der Waals surface area contributed by atoms with Gasteiger partial charge < -0.3 is 19.7 Å². The number of hydrogen-bond acceptors (Lipinski definition) is 4.